The minimum absolute atomic E-state index is 0.166. The van der Waals surface area contributed by atoms with E-state index in [1.807, 2.05) is 0 Å². The Morgan fingerprint density at radius 1 is 0.947 bits per heavy atom. The number of benzene rings is 2. The molecule has 2 rings (SSSR count). The lowest BCUT2D eigenvalue weighted by Gasteiger charge is -2.09. The second kappa shape index (κ2) is 6.55. The maximum atomic E-state index is 9.27. The van der Waals surface area contributed by atoms with Crippen LogP contribution in [0.25, 0.3) is 0 Å². The average molecular weight is 299 g/mol. The molecule has 0 atom stereocenters. The van der Waals surface area contributed by atoms with Crippen molar-refractivity contribution in [1.82, 2.24) is 0 Å². The monoisotopic (exact) mass is 298 g/mol. The molecule has 0 heterocycles. The lowest BCUT2D eigenvalue weighted by Crippen LogP contribution is -2.09. The zero-order valence-corrected chi connectivity index (χ0v) is 11.5. The van der Waals surface area contributed by atoms with Crippen molar-refractivity contribution >= 4 is 23.2 Å². The largest absolute Gasteiger partial charge is 0.508 e. The zero-order chi connectivity index (χ0) is 13.7. The van der Waals surface area contributed by atoms with Crippen LogP contribution in [0.2, 0.25) is 10.0 Å². The minimum atomic E-state index is 0.166. The van der Waals surface area contributed by atoms with E-state index in [4.69, 9.17) is 32.7 Å². The first-order valence-corrected chi connectivity index (χ1v) is 6.40. The molecule has 0 saturated carbocycles. The van der Waals surface area contributed by atoms with Crippen molar-refractivity contribution in [3.05, 3.63) is 52.5 Å². The van der Waals surface area contributed by atoms with Gasteiger partial charge in [0.05, 0.1) is 5.02 Å². The molecular formula is C14H12Cl2O3. The second-order valence-corrected chi connectivity index (χ2v) is 4.61. The highest BCUT2D eigenvalue weighted by atomic mass is 35.5. The highest BCUT2D eigenvalue weighted by Gasteiger charge is 2.02. The van der Waals surface area contributed by atoms with Gasteiger partial charge < -0.3 is 14.6 Å². The molecule has 0 saturated heterocycles. The van der Waals surface area contributed by atoms with Gasteiger partial charge in [-0.3, -0.25) is 0 Å². The molecule has 0 fully saturated rings. The van der Waals surface area contributed by atoms with Crippen molar-refractivity contribution in [2.45, 2.75) is 0 Å². The van der Waals surface area contributed by atoms with Gasteiger partial charge in [-0.2, -0.15) is 0 Å². The van der Waals surface area contributed by atoms with Crippen molar-refractivity contribution in [2.75, 3.05) is 13.2 Å². The van der Waals surface area contributed by atoms with Crippen molar-refractivity contribution in [1.29, 1.82) is 0 Å². The van der Waals surface area contributed by atoms with Crippen LogP contribution in [-0.2, 0) is 0 Å². The van der Waals surface area contributed by atoms with E-state index in [9.17, 15) is 5.11 Å². The van der Waals surface area contributed by atoms with Gasteiger partial charge in [0, 0.05) is 11.1 Å². The quantitative estimate of drug-likeness (QED) is 0.843. The Bertz CT molecular complexity index is 558. The highest BCUT2D eigenvalue weighted by molar-refractivity contribution is 6.35. The number of phenolic OH excluding ortho intramolecular Hbond substituents is 1. The summed E-state index contributed by atoms with van der Waals surface area (Å²) in [4.78, 5) is 0. The third-order valence-electron chi connectivity index (χ3n) is 2.32. The second-order valence-electron chi connectivity index (χ2n) is 3.77. The summed E-state index contributed by atoms with van der Waals surface area (Å²) in [5.41, 5.74) is 0. The van der Waals surface area contributed by atoms with E-state index in [2.05, 4.69) is 0 Å². The molecule has 3 nitrogen and oxygen atoms in total. The van der Waals surface area contributed by atoms with E-state index in [0.29, 0.717) is 34.8 Å². The molecule has 0 amide bonds. The fourth-order valence-corrected chi connectivity index (χ4v) is 1.94. The van der Waals surface area contributed by atoms with Gasteiger partial charge in [-0.1, -0.05) is 29.3 Å². The van der Waals surface area contributed by atoms with Gasteiger partial charge in [0.2, 0.25) is 0 Å². The van der Waals surface area contributed by atoms with Crippen LogP contribution in [0.4, 0.5) is 0 Å². The van der Waals surface area contributed by atoms with Crippen molar-refractivity contribution in [2.24, 2.45) is 0 Å². The van der Waals surface area contributed by atoms with Crippen LogP contribution in [0.1, 0.15) is 0 Å². The van der Waals surface area contributed by atoms with Gasteiger partial charge in [0.1, 0.15) is 30.5 Å². The summed E-state index contributed by atoms with van der Waals surface area (Å²) in [6.07, 6.45) is 0. The first-order chi connectivity index (χ1) is 9.15. The molecule has 19 heavy (non-hydrogen) atoms. The van der Waals surface area contributed by atoms with Crippen LogP contribution < -0.4 is 9.47 Å². The lowest BCUT2D eigenvalue weighted by molar-refractivity contribution is 0.217. The Morgan fingerprint density at radius 3 is 2.47 bits per heavy atom. The van der Waals surface area contributed by atoms with E-state index >= 15 is 0 Å². The highest BCUT2D eigenvalue weighted by Crippen LogP contribution is 2.27. The minimum Gasteiger partial charge on any atom is -0.508 e. The average Bonchev–Trinajstić information content (AvgIpc) is 2.37. The molecule has 0 unspecified atom stereocenters. The van der Waals surface area contributed by atoms with Crippen molar-refractivity contribution < 1.29 is 14.6 Å². The molecule has 2 aromatic carbocycles. The maximum absolute atomic E-state index is 9.27. The van der Waals surface area contributed by atoms with Gasteiger partial charge in [-0.15, -0.1) is 0 Å². The summed E-state index contributed by atoms with van der Waals surface area (Å²) in [7, 11) is 0. The smallest absolute Gasteiger partial charge is 0.138 e. The summed E-state index contributed by atoms with van der Waals surface area (Å²) < 4.78 is 10.9. The Balaban J connectivity index is 1.81. The molecule has 2 aromatic rings. The Kier molecular flexibility index (Phi) is 4.77. The van der Waals surface area contributed by atoms with E-state index in [1.165, 1.54) is 6.07 Å². The fraction of sp³-hybridized carbons (Fsp3) is 0.143. The summed E-state index contributed by atoms with van der Waals surface area (Å²) in [6, 6.07) is 11.6. The SMILES string of the molecule is Oc1cccc(OCCOc2ccc(Cl)cc2Cl)c1. The van der Waals surface area contributed by atoms with Gasteiger partial charge >= 0.3 is 0 Å². The molecule has 0 aromatic heterocycles. The number of hydrogen-bond acceptors (Lipinski definition) is 3. The molecule has 100 valence electrons. The molecule has 0 aliphatic carbocycles. The third kappa shape index (κ3) is 4.23. The lowest BCUT2D eigenvalue weighted by atomic mass is 10.3. The van der Waals surface area contributed by atoms with E-state index in [1.54, 1.807) is 36.4 Å². The molecular weight excluding hydrogens is 287 g/mol. The number of phenols is 1. The van der Waals surface area contributed by atoms with E-state index < -0.39 is 0 Å². The number of rotatable bonds is 5. The predicted molar refractivity (Wildman–Crippen MR) is 75.6 cm³/mol. The van der Waals surface area contributed by atoms with Crippen molar-refractivity contribution in [3.8, 4) is 17.2 Å². The molecule has 0 aliphatic rings. The van der Waals surface area contributed by atoms with Crippen LogP contribution in [0.3, 0.4) is 0 Å². The normalized spacial score (nSPS) is 10.2. The van der Waals surface area contributed by atoms with Crippen LogP contribution >= 0.6 is 23.2 Å². The predicted octanol–water partition coefficient (Wildman–Crippen LogP) is 4.16. The van der Waals surface area contributed by atoms with E-state index in [-0.39, 0.29) is 5.75 Å². The first kappa shape index (κ1) is 13.8. The summed E-state index contributed by atoms with van der Waals surface area (Å²) in [6.45, 7) is 0.694. The molecule has 0 bridgehead atoms. The third-order valence-corrected chi connectivity index (χ3v) is 2.85. The molecule has 0 radical (unpaired) electrons. The number of hydrogen-bond donors (Lipinski definition) is 1. The van der Waals surface area contributed by atoms with Crippen LogP contribution in [0.5, 0.6) is 17.2 Å². The topological polar surface area (TPSA) is 38.7 Å². The number of halogens is 2. The Morgan fingerprint density at radius 2 is 1.74 bits per heavy atom. The van der Waals surface area contributed by atoms with Crippen LogP contribution in [0.15, 0.2) is 42.5 Å². The van der Waals surface area contributed by atoms with Gasteiger partial charge in [-0.25, -0.2) is 0 Å². The number of aromatic hydroxyl groups is 1. The maximum Gasteiger partial charge on any atom is 0.138 e. The van der Waals surface area contributed by atoms with Crippen molar-refractivity contribution in [3.63, 3.8) is 0 Å². The van der Waals surface area contributed by atoms with E-state index in [0.717, 1.165) is 0 Å². The molecule has 0 spiro atoms. The van der Waals surface area contributed by atoms with Gasteiger partial charge in [-0.05, 0) is 30.3 Å². The first-order valence-electron chi connectivity index (χ1n) is 5.65. The summed E-state index contributed by atoms with van der Waals surface area (Å²) >= 11 is 11.7. The standard InChI is InChI=1S/C14H12Cl2O3/c15-10-4-5-14(13(16)8-10)19-7-6-18-12-3-1-2-11(17)9-12/h1-5,8-9,17H,6-7H2. The summed E-state index contributed by atoms with van der Waals surface area (Å²) in [5, 5.41) is 10.3. The van der Waals surface area contributed by atoms with Gasteiger partial charge in [0.15, 0.2) is 0 Å². The molecule has 1 N–H and O–H groups in total. The number of ether oxygens (including phenoxy) is 2. The Hall–Kier alpha value is -1.58. The molecule has 5 heteroatoms. The fourth-order valence-electron chi connectivity index (χ4n) is 1.48. The molecule has 0 aliphatic heterocycles. The zero-order valence-electron chi connectivity index (χ0n) is 9.98. The van der Waals surface area contributed by atoms with Gasteiger partial charge in [0.25, 0.3) is 0 Å². The van der Waals surface area contributed by atoms with Crippen LogP contribution in [0, 0.1) is 0 Å². The van der Waals surface area contributed by atoms with Crippen LogP contribution in [-0.4, -0.2) is 18.3 Å². The summed E-state index contributed by atoms with van der Waals surface area (Å²) in [5.74, 6) is 1.32. The Labute approximate surface area is 121 Å².